The van der Waals surface area contributed by atoms with E-state index >= 15 is 0 Å². The van der Waals surface area contributed by atoms with E-state index in [0.717, 1.165) is 5.92 Å². The second kappa shape index (κ2) is 11.4. The van der Waals surface area contributed by atoms with Crippen molar-refractivity contribution in [3.8, 4) is 0 Å². The fourth-order valence-electron chi connectivity index (χ4n) is 3.68. The molecule has 20 heavy (non-hydrogen) atoms. The van der Waals surface area contributed by atoms with E-state index in [2.05, 4.69) is 47.6 Å². The second-order valence-electron chi connectivity index (χ2n) is 6.41. The van der Waals surface area contributed by atoms with E-state index < -0.39 is 0 Å². The highest BCUT2D eigenvalue weighted by Crippen LogP contribution is 2.45. The largest absolute Gasteiger partial charge is 0.0845 e. The molecular formula is C20H40. The van der Waals surface area contributed by atoms with Crippen LogP contribution in [0.15, 0.2) is 11.6 Å². The summed E-state index contributed by atoms with van der Waals surface area (Å²) in [6.45, 7) is 14.2. The molecule has 0 saturated heterocycles. The smallest absolute Gasteiger partial charge is 0.00906 e. The van der Waals surface area contributed by atoms with Crippen molar-refractivity contribution >= 4 is 0 Å². The van der Waals surface area contributed by atoms with Crippen LogP contribution in [0.5, 0.6) is 0 Å². The van der Waals surface area contributed by atoms with Gasteiger partial charge in [0.25, 0.3) is 0 Å². The van der Waals surface area contributed by atoms with Gasteiger partial charge in [0, 0.05) is 0 Å². The molecule has 0 saturated carbocycles. The lowest BCUT2D eigenvalue weighted by molar-refractivity contribution is 0.255. The minimum Gasteiger partial charge on any atom is -0.0845 e. The number of rotatable bonds is 12. The molecule has 0 aliphatic carbocycles. The molecule has 0 unspecified atom stereocenters. The molecule has 0 atom stereocenters. The van der Waals surface area contributed by atoms with Crippen molar-refractivity contribution in [3.63, 3.8) is 0 Å². The number of allylic oxidation sites excluding steroid dienone is 2. The van der Waals surface area contributed by atoms with Crippen LogP contribution in [0, 0.1) is 11.3 Å². The number of unbranched alkanes of at least 4 members (excludes halogenated alkanes) is 3. The maximum Gasteiger partial charge on any atom is -0.00906 e. The highest BCUT2D eigenvalue weighted by Gasteiger charge is 2.32. The van der Waals surface area contributed by atoms with Gasteiger partial charge in [0.15, 0.2) is 0 Å². The summed E-state index contributed by atoms with van der Waals surface area (Å²) in [4.78, 5) is 0. The van der Waals surface area contributed by atoms with Crippen LogP contribution in [-0.2, 0) is 0 Å². The van der Waals surface area contributed by atoms with Crippen LogP contribution in [0.1, 0.15) is 106 Å². The van der Waals surface area contributed by atoms with Crippen molar-refractivity contribution in [1.29, 1.82) is 0 Å². The van der Waals surface area contributed by atoms with E-state index in [4.69, 9.17) is 0 Å². The van der Waals surface area contributed by atoms with Crippen LogP contribution in [-0.4, -0.2) is 0 Å². The monoisotopic (exact) mass is 280 g/mol. The Morgan fingerprint density at radius 3 is 1.80 bits per heavy atom. The first-order valence-electron chi connectivity index (χ1n) is 9.36. The number of hydrogen-bond donors (Lipinski definition) is 0. The Balaban J connectivity index is 5.32. The molecule has 0 rings (SSSR count). The van der Waals surface area contributed by atoms with Gasteiger partial charge >= 0.3 is 0 Å². The highest BCUT2D eigenvalue weighted by molar-refractivity contribution is 5.18. The summed E-state index contributed by atoms with van der Waals surface area (Å²) in [6.07, 6.45) is 15.9. The fourth-order valence-corrected chi connectivity index (χ4v) is 3.68. The quantitative estimate of drug-likeness (QED) is 0.256. The second-order valence-corrected chi connectivity index (χ2v) is 6.41. The number of hydrogen-bond acceptors (Lipinski definition) is 0. The lowest BCUT2D eigenvalue weighted by Crippen LogP contribution is -2.26. The van der Waals surface area contributed by atoms with Gasteiger partial charge in [-0.2, -0.15) is 0 Å². The van der Waals surface area contributed by atoms with Crippen LogP contribution in [0.2, 0.25) is 0 Å². The third-order valence-corrected chi connectivity index (χ3v) is 5.32. The minimum atomic E-state index is 0.487. The van der Waals surface area contributed by atoms with E-state index in [1.807, 2.05) is 5.57 Å². The lowest BCUT2D eigenvalue weighted by Gasteiger charge is -2.39. The van der Waals surface area contributed by atoms with Crippen molar-refractivity contribution in [2.75, 3.05) is 0 Å². The molecule has 0 amide bonds. The zero-order valence-electron chi connectivity index (χ0n) is 15.2. The first-order chi connectivity index (χ1) is 9.65. The van der Waals surface area contributed by atoms with Crippen molar-refractivity contribution in [2.45, 2.75) is 106 Å². The van der Waals surface area contributed by atoms with E-state index in [1.165, 1.54) is 64.2 Å². The van der Waals surface area contributed by atoms with Crippen molar-refractivity contribution < 1.29 is 0 Å². The molecule has 0 nitrogen and oxygen atoms in total. The standard InChI is InChI=1S/C20H40/c1-7-13-15-16-19(18(9-3)10-4)20(11-5,12-6)17-14-8-2/h16,18H,7-15,17H2,1-6H3. The predicted molar refractivity (Wildman–Crippen MR) is 94.2 cm³/mol. The molecule has 0 aromatic rings. The summed E-state index contributed by atoms with van der Waals surface area (Å²) >= 11 is 0. The van der Waals surface area contributed by atoms with Crippen LogP contribution < -0.4 is 0 Å². The Bertz CT molecular complexity index is 241. The van der Waals surface area contributed by atoms with Gasteiger partial charge in [-0.15, -0.1) is 0 Å². The molecule has 0 heterocycles. The summed E-state index contributed by atoms with van der Waals surface area (Å²) < 4.78 is 0. The molecule has 0 bridgehead atoms. The van der Waals surface area contributed by atoms with Crippen LogP contribution in [0.4, 0.5) is 0 Å². The lowest BCUT2D eigenvalue weighted by atomic mass is 9.66. The summed E-state index contributed by atoms with van der Waals surface area (Å²) in [5.41, 5.74) is 2.30. The van der Waals surface area contributed by atoms with E-state index in [1.54, 1.807) is 0 Å². The molecular weight excluding hydrogens is 240 g/mol. The molecule has 0 aliphatic rings. The Morgan fingerprint density at radius 1 is 0.850 bits per heavy atom. The van der Waals surface area contributed by atoms with Gasteiger partial charge in [0.05, 0.1) is 0 Å². The fraction of sp³-hybridized carbons (Fsp3) is 0.900. The summed E-state index contributed by atoms with van der Waals surface area (Å²) in [5.74, 6) is 0.809. The maximum absolute atomic E-state index is 2.64. The normalized spacial score (nSPS) is 13.2. The molecule has 0 radical (unpaired) electrons. The van der Waals surface area contributed by atoms with E-state index in [0.29, 0.717) is 5.41 Å². The first-order valence-corrected chi connectivity index (χ1v) is 9.36. The topological polar surface area (TPSA) is 0 Å². The molecule has 0 N–H and O–H groups in total. The molecule has 0 spiro atoms. The Labute approximate surface area is 129 Å². The van der Waals surface area contributed by atoms with Crippen LogP contribution >= 0.6 is 0 Å². The summed E-state index contributed by atoms with van der Waals surface area (Å²) in [7, 11) is 0. The zero-order chi connectivity index (χ0) is 15.4. The molecule has 0 heteroatoms. The first kappa shape index (κ1) is 19.7. The third-order valence-electron chi connectivity index (χ3n) is 5.32. The predicted octanol–water partition coefficient (Wildman–Crippen LogP) is 7.54. The van der Waals surface area contributed by atoms with Crippen molar-refractivity contribution in [1.82, 2.24) is 0 Å². The Kier molecular flexibility index (Phi) is 11.3. The van der Waals surface area contributed by atoms with Crippen LogP contribution in [0.3, 0.4) is 0 Å². The highest BCUT2D eigenvalue weighted by atomic mass is 14.4. The van der Waals surface area contributed by atoms with Gasteiger partial charge in [-0.1, -0.05) is 78.9 Å². The Morgan fingerprint density at radius 2 is 1.40 bits per heavy atom. The minimum absolute atomic E-state index is 0.487. The molecule has 0 fully saturated rings. The third kappa shape index (κ3) is 5.62. The van der Waals surface area contributed by atoms with Gasteiger partial charge in [-0.25, -0.2) is 0 Å². The zero-order valence-corrected chi connectivity index (χ0v) is 15.2. The molecule has 0 aromatic carbocycles. The molecule has 0 aromatic heterocycles. The van der Waals surface area contributed by atoms with Crippen molar-refractivity contribution in [3.05, 3.63) is 11.6 Å². The van der Waals surface area contributed by atoms with Gasteiger partial charge in [-0.05, 0) is 49.9 Å². The van der Waals surface area contributed by atoms with Crippen LogP contribution in [0.25, 0.3) is 0 Å². The maximum atomic E-state index is 2.64. The summed E-state index contributed by atoms with van der Waals surface area (Å²) in [6, 6.07) is 0. The summed E-state index contributed by atoms with van der Waals surface area (Å²) in [5, 5.41) is 0. The van der Waals surface area contributed by atoms with E-state index in [9.17, 15) is 0 Å². The van der Waals surface area contributed by atoms with Gasteiger partial charge in [0.1, 0.15) is 0 Å². The average molecular weight is 281 g/mol. The van der Waals surface area contributed by atoms with Gasteiger partial charge < -0.3 is 0 Å². The SMILES string of the molecule is CCCCC=C(C(CC)CC)C(CC)(CC)CCCC. The van der Waals surface area contributed by atoms with Crippen molar-refractivity contribution in [2.24, 2.45) is 11.3 Å². The van der Waals surface area contributed by atoms with Gasteiger partial charge in [-0.3, -0.25) is 0 Å². The van der Waals surface area contributed by atoms with E-state index in [-0.39, 0.29) is 0 Å². The van der Waals surface area contributed by atoms with Gasteiger partial charge in [0.2, 0.25) is 0 Å². The Hall–Kier alpha value is -0.260. The molecule has 120 valence electrons. The molecule has 0 aliphatic heterocycles. The average Bonchev–Trinajstić information content (AvgIpc) is 2.49.